The molecule has 2 fully saturated rings. The number of hydrogen-bond donors (Lipinski definition) is 1. The Morgan fingerprint density at radius 3 is 3.06 bits per heavy atom. The molecule has 2 rings (SSSR count). The summed E-state index contributed by atoms with van der Waals surface area (Å²) in [5.74, 6) is 4.20. The van der Waals surface area contributed by atoms with Crippen LogP contribution in [-0.4, -0.2) is 36.8 Å². The lowest BCUT2D eigenvalue weighted by Crippen LogP contribution is -2.40. The summed E-state index contributed by atoms with van der Waals surface area (Å²) in [6, 6.07) is 0. The number of ether oxygens (including phenoxy) is 1. The van der Waals surface area contributed by atoms with Crippen LogP contribution in [0, 0.1) is 11.8 Å². The van der Waals surface area contributed by atoms with Crippen LogP contribution in [0.3, 0.4) is 0 Å². The van der Waals surface area contributed by atoms with Crippen LogP contribution in [-0.2, 0) is 4.74 Å². The van der Waals surface area contributed by atoms with Gasteiger partial charge in [-0.15, -0.1) is 0 Å². The van der Waals surface area contributed by atoms with Gasteiger partial charge in [-0.1, -0.05) is 13.8 Å². The van der Waals surface area contributed by atoms with Crippen molar-refractivity contribution in [2.75, 3.05) is 31.2 Å². The van der Waals surface area contributed by atoms with E-state index in [0.29, 0.717) is 0 Å². The zero-order valence-electron chi connectivity index (χ0n) is 11.3. The van der Waals surface area contributed by atoms with Crippen LogP contribution in [0.4, 0.5) is 0 Å². The summed E-state index contributed by atoms with van der Waals surface area (Å²) in [4.78, 5) is 0. The Morgan fingerprint density at radius 1 is 1.47 bits per heavy atom. The van der Waals surface area contributed by atoms with Crippen LogP contribution in [0.2, 0.25) is 0 Å². The molecule has 0 amide bonds. The van der Waals surface area contributed by atoms with E-state index in [0.717, 1.165) is 25.0 Å². The normalized spacial score (nSPS) is 33.7. The Balaban J connectivity index is 1.67. The van der Waals surface area contributed by atoms with E-state index in [-0.39, 0.29) is 5.60 Å². The van der Waals surface area contributed by atoms with E-state index >= 15 is 0 Å². The van der Waals surface area contributed by atoms with Crippen molar-refractivity contribution in [3.63, 3.8) is 0 Å². The molecule has 0 aliphatic carbocycles. The summed E-state index contributed by atoms with van der Waals surface area (Å²) in [7, 11) is 0. The smallest absolute Gasteiger partial charge is 0.0783 e. The molecule has 2 atom stereocenters. The summed E-state index contributed by atoms with van der Waals surface area (Å²) >= 11 is 2.07. The lowest BCUT2D eigenvalue weighted by Gasteiger charge is -2.37. The first-order valence-electron chi connectivity index (χ1n) is 7.13. The van der Waals surface area contributed by atoms with Crippen molar-refractivity contribution in [1.82, 2.24) is 5.32 Å². The van der Waals surface area contributed by atoms with E-state index < -0.39 is 0 Å². The van der Waals surface area contributed by atoms with Gasteiger partial charge in [0, 0.05) is 12.4 Å². The van der Waals surface area contributed by atoms with Crippen molar-refractivity contribution in [3.8, 4) is 0 Å². The minimum Gasteiger partial charge on any atom is -0.374 e. The maximum absolute atomic E-state index is 6.06. The molecule has 2 heterocycles. The predicted octanol–water partition coefficient (Wildman–Crippen LogP) is 2.92. The Labute approximate surface area is 110 Å². The van der Waals surface area contributed by atoms with Crippen LogP contribution in [0.15, 0.2) is 0 Å². The second kappa shape index (κ2) is 6.44. The lowest BCUT2D eigenvalue weighted by molar-refractivity contribution is -0.0803. The fraction of sp³-hybridized carbons (Fsp3) is 1.00. The molecule has 0 saturated carbocycles. The van der Waals surface area contributed by atoms with Crippen molar-refractivity contribution in [1.29, 1.82) is 0 Å². The summed E-state index contributed by atoms with van der Waals surface area (Å²) in [5.41, 5.74) is 0.269. The van der Waals surface area contributed by atoms with Gasteiger partial charge in [-0.05, 0) is 56.4 Å². The van der Waals surface area contributed by atoms with E-state index in [1.54, 1.807) is 0 Å². The molecule has 0 aromatic rings. The molecule has 17 heavy (non-hydrogen) atoms. The van der Waals surface area contributed by atoms with Gasteiger partial charge in [-0.3, -0.25) is 0 Å². The Bertz CT molecular complexity index is 226. The van der Waals surface area contributed by atoms with E-state index in [9.17, 15) is 0 Å². The van der Waals surface area contributed by atoms with Gasteiger partial charge >= 0.3 is 0 Å². The number of hydrogen-bond acceptors (Lipinski definition) is 3. The summed E-state index contributed by atoms with van der Waals surface area (Å²) in [6.07, 6.45) is 5.20. The first kappa shape index (κ1) is 13.7. The molecule has 2 aliphatic rings. The van der Waals surface area contributed by atoms with Crippen LogP contribution < -0.4 is 5.32 Å². The van der Waals surface area contributed by atoms with Crippen molar-refractivity contribution >= 4 is 11.8 Å². The predicted molar refractivity (Wildman–Crippen MR) is 75.7 cm³/mol. The monoisotopic (exact) mass is 257 g/mol. The van der Waals surface area contributed by atoms with Gasteiger partial charge in [0.05, 0.1) is 5.60 Å². The molecule has 1 spiro atoms. The summed E-state index contributed by atoms with van der Waals surface area (Å²) in [5, 5.41) is 3.57. The number of rotatable bonds is 5. The maximum Gasteiger partial charge on any atom is 0.0783 e. The summed E-state index contributed by atoms with van der Waals surface area (Å²) in [6.45, 7) is 7.88. The molecule has 0 aromatic carbocycles. The SMILES string of the molecule is CC(C)CNCCC1CCOC2(CCSC2)C1. The van der Waals surface area contributed by atoms with Crippen molar-refractivity contribution < 1.29 is 4.74 Å². The fourth-order valence-corrected chi connectivity index (χ4v) is 4.31. The third kappa shape index (κ3) is 4.15. The first-order chi connectivity index (χ1) is 8.20. The average Bonchev–Trinajstić information content (AvgIpc) is 2.73. The fourth-order valence-electron chi connectivity index (χ4n) is 2.94. The van der Waals surface area contributed by atoms with Gasteiger partial charge in [0.2, 0.25) is 0 Å². The molecular weight excluding hydrogens is 230 g/mol. The number of thioether (sulfide) groups is 1. The van der Waals surface area contributed by atoms with Gasteiger partial charge < -0.3 is 10.1 Å². The van der Waals surface area contributed by atoms with Crippen molar-refractivity contribution in [3.05, 3.63) is 0 Å². The van der Waals surface area contributed by atoms with Gasteiger partial charge in [0.15, 0.2) is 0 Å². The Kier molecular flexibility index (Phi) is 5.19. The molecule has 100 valence electrons. The van der Waals surface area contributed by atoms with Gasteiger partial charge in [0.1, 0.15) is 0 Å². The number of nitrogens with one attached hydrogen (secondary N) is 1. The van der Waals surface area contributed by atoms with E-state index in [4.69, 9.17) is 4.74 Å². The van der Waals surface area contributed by atoms with Gasteiger partial charge in [0.25, 0.3) is 0 Å². The molecule has 3 heteroatoms. The highest BCUT2D eigenvalue weighted by Gasteiger charge is 2.39. The van der Waals surface area contributed by atoms with Gasteiger partial charge in [-0.25, -0.2) is 0 Å². The zero-order chi connectivity index (χ0) is 12.1. The molecule has 2 nitrogen and oxygen atoms in total. The molecule has 2 saturated heterocycles. The van der Waals surface area contributed by atoms with Crippen molar-refractivity contribution in [2.24, 2.45) is 11.8 Å². The Morgan fingerprint density at radius 2 is 2.35 bits per heavy atom. The summed E-state index contributed by atoms with van der Waals surface area (Å²) < 4.78 is 6.06. The molecule has 2 unspecified atom stereocenters. The van der Waals surface area contributed by atoms with Crippen LogP contribution >= 0.6 is 11.8 Å². The van der Waals surface area contributed by atoms with Crippen molar-refractivity contribution in [2.45, 2.75) is 45.1 Å². The first-order valence-corrected chi connectivity index (χ1v) is 8.28. The average molecular weight is 257 g/mol. The third-order valence-electron chi connectivity index (χ3n) is 3.94. The molecular formula is C14H27NOS. The largest absolute Gasteiger partial charge is 0.374 e. The zero-order valence-corrected chi connectivity index (χ0v) is 12.2. The molecule has 0 bridgehead atoms. The second-order valence-corrected chi connectivity index (χ2v) is 7.18. The topological polar surface area (TPSA) is 21.3 Å². The van der Waals surface area contributed by atoms with Crippen LogP contribution in [0.25, 0.3) is 0 Å². The highest BCUT2D eigenvalue weighted by molar-refractivity contribution is 7.99. The van der Waals surface area contributed by atoms with Crippen LogP contribution in [0.1, 0.15) is 39.5 Å². The molecule has 1 N–H and O–H groups in total. The standard InChI is InChI=1S/C14H27NOS/c1-12(2)10-15-6-3-13-4-7-16-14(9-13)5-8-17-11-14/h12-13,15H,3-11H2,1-2H3. The third-order valence-corrected chi connectivity index (χ3v) is 5.17. The van der Waals surface area contributed by atoms with E-state index in [1.807, 2.05) is 0 Å². The molecule has 2 aliphatic heterocycles. The highest BCUT2D eigenvalue weighted by Crippen LogP contribution is 2.41. The Hall–Kier alpha value is 0.270. The van der Waals surface area contributed by atoms with E-state index in [1.165, 1.54) is 43.7 Å². The van der Waals surface area contributed by atoms with E-state index in [2.05, 4.69) is 30.9 Å². The molecule has 0 aromatic heterocycles. The lowest BCUT2D eigenvalue weighted by atomic mass is 9.83. The second-order valence-electron chi connectivity index (χ2n) is 6.08. The molecule has 0 radical (unpaired) electrons. The minimum atomic E-state index is 0.269. The highest BCUT2D eigenvalue weighted by atomic mass is 32.2. The van der Waals surface area contributed by atoms with Gasteiger partial charge in [-0.2, -0.15) is 11.8 Å². The van der Waals surface area contributed by atoms with Crippen LogP contribution in [0.5, 0.6) is 0 Å². The minimum absolute atomic E-state index is 0.269. The quantitative estimate of drug-likeness (QED) is 0.765. The maximum atomic E-state index is 6.06.